The third kappa shape index (κ3) is 4.25. The van der Waals surface area contributed by atoms with Crippen LogP contribution in [0.5, 0.6) is 0 Å². The van der Waals surface area contributed by atoms with Gasteiger partial charge >= 0.3 is 0 Å². The number of hydrogen-bond acceptors (Lipinski definition) is 4. The molecule has 0 radical (unpaired) electrons. The number of carbonyl (C=O) groups is 1. The zero-order chi connectivity index (χ0) is 19.6. The first-order valence-electron chi connectivity index (χ1n) is 8.85. The fourth-order valence-corrected chi connectivity index (χ4v) is 3.80. The van der Waals surface area contributed by atoms with Gasteiger partial charge in [-0.25, -0.2) is 4.98 Å². The Labute approximate surface area is 167 Å². The summed E-state index contributed by atoms with van der Waals surface area (Å²) in [7, 11) is 0. The molecular formula is C21H21ClN2O2S. The standard InChI is InChI=1S/C21H21ClN2O2S/c1-4-13(2)15-5-8-17(9-6-15)24-20(26)18-10-7-16(22)11-19(18)23-21(24)27-12-14(3)25/h5-11,13H,4,12H2,1-3H3. The number of thioether (sulfide) groups is 1. The van der Waals surface area contributed by atoms with Crippen LogP contribution in [0.15, 0.2) is 52.4 Å². The predicted octanol–water partition coefficient (Wildman–Crippen LogP) is 5.23. The lowest BCUT2D eigenvalue weighted by atomic mass is 9.98. The summed E-state index contributed by atoms with van der Waals surface area (Å²) in [4.78, 5) is 29.2. The number of Topliss-reactive ketones (excluding diaryl/α,β-unsaturated/α-hetero) is 1. The highest BCUT2D eigenvalue weighted by atomic mass is 35.5. The molecule has 0 aliphatic rings. The molecular weight excluding hydrogens is 380 g/mol. The third-order valence-corrected chi connectivity index (χ3v) is 5.86. The topological polar surface area (TPSA) is 52.0 Å². The highest BCUT2D eigenvalue weighted by Crippen LogP contribution is 2.25. The largest absolute Gasteiger partial charge is 0.299 e. The number of fused-ring (bicyclic) bond motifs is 1. The van der Waals surface area contributed by atoms with Crippen LogP contribution < -0.4 is 5.56 Å². The molecule has 0 fully saturated rings. The highest BCUT2D eigenvalue weighted by molar-refractivity contribution is 7.99. The third-order valence-electron chi connectivity index (χ3n) is 4.54. The van der Waals surface area contributed by atoms with E-state index in [-0.39, 0.29) is 17.1 Å². The maximum absolute atomic E-state index is 13.2. The normalized spacial score (nSPS) is 12.3. The van der Waals surface area contributed by atoms with Crippen molar-refractivity contribution in [2.45, 2.75) is 38.3 Å². The van der Waals surface area contributed by atoms with Crippen LogP contribution in [0.3, 0.4) is 0 Å². The Morgan fingerprint density at radius 3 is 2.56 bits per heavy atom. The Balaban J connectivity index is 2.18. The van der Waals surface area contributed by atoms with Gasteiger partial charge in [0.25, 0.3) is 5.56 Å². The van der Waals surface area contributed by atoms with Crippen LogP contribution in [0.4, 0.5) is 0 Å². The van der Waals surface area contributed by atoms with Crippen molar-refractivity contribution in [3.8, 4) is 5.69 Å². The van der Waals surface area contributed by atoms with Crippen LogP contribution in [0, 0.1) is 0 Å². The number of aromatic nitrogens is 2. The number of benzene rings is 2. The van der Waals surface area contributed by atoms with Gasteiger partial charge in [-0.2, -0.15) is 0 Å². The summed E-state index contributed by atoms with van der Waals surface area (Å²) < 4.78 is 1.57. The minimum Gasteiger partial charge on any atom is -0.299 e. The van der Waals surface area contributed by atoms with Crippen molar-refractivity contribution in [2.24, 2.45) is 0 Å². The van der Waals surface area contributed by atoms with Gasteiger partial charge in [0.2, 0.25) is 0 Å². The Bertz CT molecular complexity index is 1040. The summed E-state index contributed by atoms with van der Waals surface area (Å²) in [5.74, 6) is 0.738. The Hall–Kier alpha value is -2.11. The molecule has 4 nitrogen and oxygen atoms in total. The van der Waals surface area contributed by atoms with Crippen LogP contribution in [0.1, 0.15) is 38.7 Å². The summed E-state index contributed by atoms with van der Waals surface area (Å²) in [5, 5.41) is 1.51. The number of nitrogens with zero attached hydrogens (tertiary/aromatic N) is 2. The minimum atomic E-state index is -0.168. The van der Waals surface area contributed by atoms with E-state index in [2.05, 4.69) is 18.8 Å². The van der Waals surface area contributed by atoms with E-state index in [4.69, 9.17) is 11.6 Å². The molecule has 1 aromatic heterocycles. The molecule has 0 N–H and O–H groups in total. The second kappa shape index (κ2) is 8.28. The molecule has 0 aliphatic carbocycles. The van der Waals surface area contributed by atoms with Crippen LogP contribution >= 0.6 is 23.4 Å². The maximum Gasteiger partial charge on any atom is 0.266 e. The molecule has 6 heteroatoms. The van der Waals surface area contributed by atoms with Crippen LogP contribution in [-0.2, 0) is 4.79 Å². The van der Waals surface area contributed by atoms with Crippen molar-refractivity contribution >= 4 is 40.0 Å². The van der Waals surface area contributed by atoms with Crippen LogP contribution in [-0.4, -0.2) is 21.1 Å². The fourth-order valence-electron chi connectivity index (χ4n) is 2.82. The minimum absolute atomic E-state index is 0.0270. The SMILES string of the molecule is CCC(C)c1ccc(-n2c(SCC(C)=O)nc3cc(Cl)ccc3c2=O)cc1. The Kier molecular flexibility index (Phi) is 6.02. The van der Waals surface area contributed by atoms with Gasteiger partial charge in [0.15, 0.2) is 5.16 Å². The molecule has 27 heavy (non-hydrogen) atoms. The summed E-state index contributed by atoms with van der Waals surface area (Å²) in [6, 6.07) is 13.0. The smallest absolute Gasteiger partial charge is 0.266 e. The fraction of sp³-hybridized carbons (Fsp3) is 0.286. The molecule has 3 aromatic rings. The van der Waals surface area contributed by atoms with Gasteiger partial charge in [-0.3, -0.25) is 14.2 Å². The Morgan fingerprint density at radius 2 is 1.93 bits per heavy atom. The number of rotatable bonds is 6. The maximum atomic E-state index is 13.2. The van der Waals surface area contributed by atoms with Crippen LogP contribution in [0.25, 0.3) is 16.6 Å². The highest BCUT2D eigenvalue weighted by Gasteiger charge is 2.15. The molecule has 0 aliphatic heterocycles. The van der Waals surface area contributed by atoms with Gasteiger partial charge in [0.1, 0.15) is 5.78 Å². The summed E-state index contributed by atoms with van der Waals surface area (Å²) in [6.45, 7) is 5.85. The number of halogens is 1. The van der Waals surface area contributed by atoms with Gasteiger partial charge in [-0.1, -0.05) is 49.3 Å². The van der Waals surface area contributed by atoms with Gasteiger partial charge in [0, 0.05) is 5.02 Å². The molecule has 0 amide bonds. The van der Waals surface area contributed by atoms with Crippen LogP contribution in [0.2, 0.25) is 5.02 Å². The second-order valence-electron chi connectivity index (χ2n) is 6.59. The van der Waals surface area contributed by atoms with Crippen molar-refractivity contribution in [2.75, 3.05) is 5.75 Å². The van der Waals surface area contributed by atoms with E-state index in [0.29, 0.717) is 27.0 Å². The molecule has 0 saturated heterocycles. The van der Waals surface area contributed by atoms with Crippen molar-refractivity contribution < 1.29 is 4.79 Å². The van der Waals surface area contributed by atoms with E-state index in [1.165, 1.54) is 24.2 Å². The average Bonchev–Trinajstić information content (AvgIpc) is 2.65. The average molecular weight is 401 g/mol. The molecule has 1 atom stereocenters. The summed E-state index contributed by atoms with van der Waals surface area (Å²) in [5.41, 5.74) is 2.33. The monoisotopic (exact) mass is 400 g/mol. The van der Waals surface area contributed by atoms with E-state index >= 15 is 0 Å². The molecule has 0 spiro atoms. The summed E-state index contributed by atoms with van der Waals surface area (Å²) in [6.07, 6.45) is 1.05. The van der Waals surface area contributed by atoms with E-state index in [0.717, 1.165) is 12.1 Å². The van der Waals surface area contributed by atoms with E-state index in [1.807, 2.05) is 24.3 Å². The zero-order valence-corrected chi connectivity index (χ0v) is 17.1. The zero-order valence-electron chi connectivity index (χ0n) is 15.5. The van der Waals surface area contributed by atoms with Crippen molar-refractivity contribution in [1.82, 2.24) is 9.55 Å². The number of ketones is 1. The van der Waals surface area contributed by atoms with Gasteiger partial charge in [-0.05, 0) is 55.2 Å². The quantitative estimate of drug-likeness (QED) is 0.419. The lowest BCUT2D eigenvalue weighted by Gasteiger charge is -2.15. The van der Waals surface area contributed by atoms with E-state index in [9.17, 15) is 9.59 Å². The molecule has 0 bridgehead atoms. The molecule has 1 unspecified atom stereocenters. The van der Waals surface area contributed by atoms with E-state index < -0.39 is 0 Å². The molecule has 2 aromatic carbocycles. The van der Waals surface area contributed by atoms with Crippen molar-refractivity contribution in [3.05, 3.63) is 63.4 Å². The lowest BCUT2D eigenvalue weighted by Crippen LogP contribution is -2.22. The van der Waals surface area contributed by atoms with Gasteiger partial charge < -0.3 is 0 Å². The first-order valence-corrected chi connectivity index (χ1v) is 10.2. The first kappa shape index (κ1) is 19.6. The molecule has 0 saturated carbocycles. The predicted molar refractivity (Wildman–Crippen MR) is 112 cm³/mol. The second-order valence-corrected chi connectivity index (χ2v) is 7.97. The number of hydrogen-bond donors (Lipinski definition) is 0. The van der Waals surface area contributed by atoms with Crippen molar-refractivity contribution in [1.29, 1.82) is 0 Å². The first-order chi connectivity index (χ1) is 12.9. The van der Waals surface area contributed by atoms with E-state index in [1.54, 1.807) is 22.8 Å². The Morgan fingerprint density at radius 1 is 1.22 bits per heavy atom. The molecule has 1 heterocycles. The molecule has 3 rings (SSSR count). The van der Waals surface area contributed by atoms with Gasteiger partial charge in [0.05, 0.1) is 22.3 Å². The molecule has 140 valence electrons. The number of carbonyl (C=O) groups excluding carboxylic acids is 1. The summed E-state index contributed by atoms with van der Waals surface area (Å²) >= 11 is 7.32. The van der Waals surface area contributed by atoms with Crippen molar-refractivity contribution in [3.63, 3.8) is 0 Å². The van der Waals surface area contributed by atoms with Gasteiger partial charge in [-0.15, -0.1) is 0 Å². The lowest BCUT2D eigenvalue weighted by molar-refractivity contribution is -0.114.